The Bertz CT molecular complexity index is 375. The molecule has 3 N–H and O–H groups in total. The van der Waals surface area contributed by atoms with Gasteiger partial charge in [0, 0.05) is 5.56 Å². The van der Waals surface area contributed by atoms with E-state index >= 15 is 0 Å². The molecule has 0 bridgehead atoms. The zero-order chi connectivity index (χ0) is 10.0. The van der Waals surface area contributed by atoms with Gasteiger partial charge in [0.05, 0.1) is 10.5 Å². The molecule has 0 aromatic heterocycles. The number of phenolic OH excluding ortho intramolecular Hbond substituents is 1. The van der Waals surface area contributed by atoms with Crippen LogP contribution in [0.25, 0.3) is 0 Å². The molecule has 1 unspecified atom stereocenters. The summed E-state index contributed by atoms with van der Waals surface area (Å²) >= 11 is 2.84. The quantitative estimate of drug-likeness (QED) is 0.792. The highest BCUT2D eigenvalue weighted by Gasteiger charge is 2.14. The van der Waals surface area contributed by atoms with Crippen molar-refractivity contribution in [1.29, 1.82) is 5.26 Å². The van der Waals surface area contributed by atoms with E-state index in [0.29, 0.717) is 0 Å². The Morgan fingerprint density at radius 3 is 2.77 bits per heavy atom. The zero-order valence-electron chi connectivity index (χ0n) is 6.46. The lowest BCUT2D eigenvalue weighted by Gasteiger charge is -2.07. The Morgan fingerprint density at radius 2 is 2.23 bits per heavy atom. The smallest absolute Gasteiger partial charge is 0.141 e. The molecule has 0 aliphatic heterocycles. The van der Waals surface area contributed by atoms with Crippen molar-refractivity contribution in [3.05, 3.63) is 28.0 Å². The highest BCUT2D eigenvalue weighted by atomic mass is 79.9. The van der Waals surface area contributed by atoms with Crippen molar-refractivity contribution in [2.75, 3.05) is 0 Å². The van der Waals surface area contributed by atoms with E-state index in [1.165, 1.54) is 6.07 Å². The Labute approximate surface area is 82.7 Å². The van der Waals surface area contributed by atoms with Crippen LogP contribution in [0.3, 0.4) is 0 Å². The predicted molar refractivity (Wildman–Crippen MR) is 48.3 cm³/mol. The number of nitrogens with zero attached hydrogens (tertiary/aromatic N) is 1. The summed E-state index contributed by atoms with van der Waals surface area (Å²) in [5.74, 6) is -0.916. The molecule has 0 aliphatic carbocycles. The van der Waals surface area contributed by atoms with Gasteiger partial charge in [0.25, 0.3) is 0 Å². The van der Waals surface area contributed by atoms with Gasteiger partial charge in [-0.2, -0.15) is 5.26 Å². The number of rotatable bonds is 1. The predicted octanol–water partition coefficient (Wildman–Crippen LogP) is 1.82. The van der Waals surface area contributed by atoms with Crippen molar-refractivity contribution in [3.63, 3.8) is 0 Å². The summed E-state index contributed by atoms with van der Waals surface area (Å²) < 4.78 is 12.7. The minimum absolute atomic E-state index is 0.0734. The number of nitrogens with two attached hydrogens (primary N) is 1. The van der Waals surface area contributed by atoms with E-state index in [4.69, 9.17) is 11.0 Å². The lowest BCUT2D eigenvalue weighted by molar-refractivity contribution is 0.455. The molecule has 0 spiro atoms. The van der Waals surface area contributed by atoms with Crippen molar-refractivity contribution < 1.29 is 9.50 Å². The molecule has 0 radical (unpaired) electrons. The molecule has 1 atom stereocenters. The molecule has 0 saturated heterocycles. The van der Waals surface area contributed by atoms with Crippen LogP contribution in [0.5, 0.6) is 5.75 Å². The Hall–Kier alpha value is -1.12. The van der Waals surface area contributed by atoms with Crippen molar-refractivity contribution >= 4 is 15.9 Å². The number of hydrogen-bond acceptors (Lipinski definition) is 3. The van der Waals surface area contributed by atoms with Gasteiger partial charge in [-0.3, -0.25) is 0 Å². The number of phenols is 1. The van der Waals surface area contributed by atoms with E-state index in [9.17, 15) is 9.50 Å². The van der Waals surface area contributed by atoms with Crippen molar-refractivity contribution in [3.8, 4) is 11.8 Å². The highest BCUT2D eigenvalue weighted by Crippen LogP contribution is 2.32. The molecule has 0 fully saturated rings. The van der Waals surface area contributed by atoms with Gasteiger partial charge in [-0.15, -0.1) is 0 Å². The van der Waals surface area contributed by atoms with E-state index in [1.54, 1.807) is 6.07 Å². The molecule has 13 heavy (non-hydrogen) atoms. The monoisotopic (exact) mass is 244 g/mol. The summed E-state index contributed by atoms with van der Waals surface area (Å²) in [5, 5.41) is 17.8. The molecular weight excluding hydrogens is 239 g/mol. The second-order valence-corrected chi connectivity index (χ2v) is 3.20. The standard InChI is InChI=1S/C8H6BrFN2O/c9-7-5(10)2-1-4(8(7)13)6(12)3-11/h1-2,6,13H,12H2. The van der Waals surface area contributed by atoms with Crippen LogP contribution in [0.1, 0.15) is 11.6 Å². The van der Waals surface area contributed by atoms with E-state index in [2.05, 4.69) is 15.9 Å². The van der Waals surface area contributed by atoms with Crippen LogP contribution in [0, 0.1) is 17.1 Å². The van der Waals surface area contributed by atoms with Gasteiger partial charge in [0.15, 0.2) is 0 Å². The molecule has 1 aromatic carbocycles. The maximum atomic E-state index is 12.8. The summed E-state index contributed by atoms with van der Waals surface area (Å²) in [6.07, 6.45) is 0. The molecule has 1 rings (SSSR count). The SMILES string of the molecule is N#CC(N)c1ccc(F)c(Br)c1O. The van der Waals surface area contributed by atoms with Crippen LogP contribution in [0.4, 0.5) is 4.39 Å². The first-order valence-corrected chi connectivity index (χ1v) is 4.19. The van der Waals surface area contributed by atoms with Gasteiger partial charge in [0.2, 0.25) is 0 Å². The van der Waals surface area contributed by atoms with Crippen LogP contribution in [-0.2, 0) is 0 Å². The highest BCUT2D eigenvalue weighted by molar-refractivity contribution is 9.10. The fourth-order valence-corrected chi connectivity index (χ4v) is 1.24. The summed E-state index contributed by atoms with van der Waals surface area (Å²) in [6, 6.07) is 3.21. The number of nitriles is 1. The molecule has 5 heteroatoms. The van der Waals surface area contributed by atoms with Crippen LogP contribution in [0.2, 0.25) is 0 Å². The summed E-state index contributed by atoms with van der Waals surface area (Å²) in [5.41, 5.74) is 5.55. The van der Waals surface area contributed by atoms with Crippen molar-refractivity contribution in [2.45, 2.75) is 6.04 Å². The van der Waals surface area contributed by atoms with Crippen molar-refractivity contribution in [1.82, 2.24) is 0 Å². The van der Waals surface area contributed by atoms with Gasteiger partial charge in [-0.05, 0) is 28.1 Å². The van der Waals surface area contributed by atoms with E-state index in [0.717, 1.165) is 6.07 Å². The number of halogens is 2. The summed E-state index contributed by atoms with van der Waals surface area (Å²) in [6.45, 7) is 0. The Balaban J connectivity index is 3.28. The normalized spacial score (nSPS) is 12.2. The number of benzene rings is 1. The molecule has 1 aromatic rings. The zero-order valence-corrected chi connectivity index (χ0v) is 8.05. The first-order chi connectivity index (χ1) is 6.07. The van der Waals surface area contributed by atoms with E-state index in [1.807, 2.05) is 0 Å². The minimum atomic E-state index is -0.947. The van der Waals surface area contributed by atoms with Crippen LogP contribution in [-0.4, -0.2) is 5.11 Å². The maximum Gasteiger partial charge on any atom is 0.141 e. The fourth-order valence-electron chi connectivity index (χ4n) is 0.875. The Kier molecular flexibility index (Phi) is 2.86. The minimum Gasteiger partial charge on any atom is -0.506 e. The van der Waals surface area contributed by atoms with Gasteiger partial charge in [-0.1, -0.05) is 0 Å². The van der Waals surface area contributed by atoms with E-state index in [-0.39, 0.29) is 15.8 Å². The lowest BCUT2D eigenvalue weighted by atomic mass is 10.1. The third-order valence-corrected chi connectivity index (χ3v) is 2.33. The number of hydrogen-bond donors (Lipinski definition) is 2. The molecule has 0 aliphatic rings. The van der Waals surface area contributed by atoms with Gasteiger partial charge in [0.1, 0.15) is 17.6 Å². The molecule has 0 heterocycles. The first kappa shape index (κ1) is 9.96. The first-order valence-electron chi connectivity index (χ1n) is 3.40. The average molecular weight is 245 g/mol. The van der Waals surface area contributed by atoms with Gasteiger partial charge < -0.3 is 10.8 Å². The Morgan fingerprint density at radius 1 is 1.62 bits per heavy atom. The van der Waals surface area contributed by atoms with E-state index < -0.39 is 11.9 Å². The molecular formula is C8H6BrFN2O. The molecule has 0 saturated carbocycles. The maximum absolute atomic E-state index is 12.8. The lowest BCUT2D eigenvalue weighted by Crippen LogP contribution is -2.07. The summed E-state index contributed by atoms with van der Waals surface area (Å²) in [7, 11) is 0. The van der Waals surface area contributed by atoms with Crippen LogP contribution >= 0.6 is 15.9 Å². The second-order valence-electron chi connectivity index (χ2n) is 2.41. The number of aromatic hydroxyl groups is 1. The molecule has 3 nitrogen and oxygen atoms in total. The molecule has 68 valence electrons. The van der Waals surface area contributed by atoms with Gasteiger partial charge in [-0.25, -0.2) is 4.39 Å². The largest absolute Gasteiger partial charge is 0.506 e. The van der Waals surface area contributed by atoms with Crippen molar-refractivity contribution in [2.24, 2.45) is 5.73 Å². The van der Waals surface area contributed by atoms with Crippen LogP contribution in [0.15, 0.2) is 16.6 Å². The van der Waals surface area contributed by atoms with Crippen LogP contribution < -0.4 is 5.73 Å². The molecule has 0 amide bonds. The summed E-state index contributed by atoms with van der Waals surface area (Å²) in [4.78, 5) is 0. The third-order valence-electron chi connectivity index (χ3n) is 1.57. The third kappa shape index (κ3) is 1.79. The fraction of sp³-hybridized carbons (Fsp3) is 0.125. The van der Waals surface area contributed by atoms with Gasteiger partial charge >= 0.3 is 0 Å². The average Bonchev–Trinajstić information content (AvgIpc) is 2.13. The second kappa shape index (κ2) is 3.73. The topological polar surface area (TPSA) is 70.0 Å².